The average Bonchev–Trinajstić information content (AvgIpc) is 2.87. The van der Waals surface area contributed by atoms with E-state index in [1.807, 2.05) is 19.2 Å². The third kappa shape index (κ3) is 2.08. The predicted octanol–water partition coefficient (Wildman–Crippen LogP) is 2.99. The summed E-state index contributed by atoms with van der Waals surface area (Å²) < 4.78 is 1.23. The van der Waals surface area contributed by atoms with Gasteiger partial charge in [-0.2, -0.15) is 0 Å². The van der Waals surface area contributed by atoms with Crippen LogP contribution in [0.25, 0.3) is 10.1 Å². The Balaban J connectivity index is 1.86. The van der Waals surface area contributed by atoms with Crippen LogP contribution in [0.15, 0.2) is 23.7 Å². The molecule has 0 spiro atoms. The molecular weight excluding hydrogens is 260 g/mol. The lowest BCUT2D eigenvalue weighted by Gasteiger charge is -2.37. The fraction of sp³-hybridized carbons (Fsp3) is 0.429. The van der Waals surface area contributed by atoms with Gasteiger partial charge in [0.15, 0.2) is 0 Å². The number of thiophene rings is 1. The predicted molar refractivity (Wildman–Crippen MR) is 76.8 cm³/mol. The molecule has 0 bridgehead atoms. The molecule has 1 saturated heterocycles. The number of rotatable bonds is 2. The number of hydrogen-bond donors (Lipinski definition) is 1. The van der Waals surface area contributed by atoms with Crippen LogP contribution >= 0.6 is 11.3 Å². The van der Waals surface area contributed by atoms with Gasteiger partial charge in [-0.3, -0.25) is 4.79 Å². The molecule has 0 radical (unpaired) electrons. The molecule has 2 aromatic rings. The normalized spacial score (nSPS) is 18.7. The highest BCUT2D eigenvalue weighted by molar-refractivity contribution is 7.17. The minimum Gasteiger partial charge on any atom is -0.481 e. The molecule has 2 aromatic heterocycles. The van der Waals surface area contributed by atoms with Crippen LogP contribution in [0.1, 0.15) is 19.8 Å². The maximum atomic E-state index is 11.3. The highest BCUT2D eigenvalue weighted by Crippen LogP contribution is 2.35. The quantitative estimate of drug-likeness (QED) is 0.916. The number of carboxylic acids is 1. The Hall–Kier alpha value is -1.62. The van der Waals surface area contributed by atoms with Gasteiger partial charge in [0.25, 0.3) is 0 Å². The summed E-state index contributed by atoms with van der Waals surface area (Å²) >= 11 is 1.71. The first-order chi connectivity index (χ1) is 9.10. The van der Waals surface area contributed by atoms with Crippen LogP contribution in [0.3, 0.4) is 0 Å². The van der Waals surface area contributed by atoms with E-state index in [0.29, 0.717) is 12.8 Å². The van der Waals surface area contributed by atoms with Crippen molar-refractivity contribution in [1.82, 2.24) is 4.98 Å². The molecule has 0 saturated carbocycles. The van der Waals surface area contributed by atoms with Crippen LogP contribution in [-0.4, -0.2) is 29.1 Å². The monoisotopic (exact) mass is 276 g/mol. The maximum absolute atomic E-state index is 11.3. The number of anilines is 1. The van der Waals surface area contributed by atoms with Crippen molar-refractivity contribution in [2.24, 2.45) is 5.41 Å². The average molecular weight is 276 g/mol. The van der Waals surface area contributed by atoms with E-state index in [1.54, 1.807) is 11.3 Å². The minimum atomic E-state index is -0.686. The fourth-order valence-electron chi connectivity index (χ4n) is 2.56. The zero-order valence-electron chi connectivity index (χ0n) is 10.8. The molecule has 3 rings (SSSR count). The van der Waals surface area contributed by atoms with Gasteiger partial charge in [-0.15, -0.1) is 11.3 Å². The van der Waals surface area contributed by atoms with E-state index >= 15 is 0 Å². The highest BCUT2D eigenvalue weighted by Gasteiger charge is 2.37. The number of aliphatic carboxylic acids is 1. The van der Waals surface area contributed by atoms with Gasteiger partial charge in [0, 0.05) is 29.4 Å². The number of aromatic nitrogens is 1. The molecule has 1 aliphatic rings. The molecule has 0 atom stereocenters. The molecule has 100 valence electrons. The van der Waals surface area contributed by atoms with Crippen molar-refractivity contribution in [3.05, 3.63) is 23.7 Å². The smallest absolute Gasteiger partial charge is 0.309 e. The van der Waals surface area contributed by atoms with Gasteiger partial charge in [0.1, 0.15) is 5.82 Å². The van der Waals surface area contributed by atoms with Crippen molar-refractivity contribution in [3.8, 4) is 0 Å². The van der Waals surface area contributed by atoms with Gasteiger partial charge in [-0.25, -0.2) is 4.98 Å². The molecule has 19 heavy (non-hydrogen) atoms. The van der Waals surface area contributed by atoms with E-state index < -0.39 is 11.4 Å². The molecule has 0 unspecified atom stereocenters. The number of hydrogen-bond acceptors (Lipinski definition) is 4. The minimum absolute atomic E-state index is 0.584. The van der Waals surface area contributed by atoms with Crippen LogP contribution in [0, 0.1) is 5.41 Å². The summed E-state index contributed by atoms with van der Waals surface area (Å²) in [5.74, 6) is 0.306. The van der Waals surface area contributed by atoms with Crippen molar-refractivity contribution in [2.75, 3.05) is 18.0 Å². The molecule has 0 aromatic carbocycles. The standard InChI is InChI=1S/C14H16N2O2S/c1-14(13(17)18)4-7-16(8-5-14)12-10-3-9-19-11(10)2-6-15-12/h2-3,6,9H,4-5,7-8H2,1H3,(H,17,18). The first-order valence-corrected chi connectivity index (χ1v) is 7.29. The topological polar surface area (TPSA) is 53.4 Å². The Morgan fingerprint density at radius 2 is 2.16 bits per heavy atom. The molecule has 1 N–H and O–H groups in total. The maximum Gasteiger partial charge on any atom is 0.309 e. The van der Waals surface area contributed by atoms with E-state index in [1.165, 1.54) is 10.1 Å². The number of carboxylic acid groups (broad SMARTS) is 1. The van der Waals surface area contributed by atoms with E-state index in [-0.39, 0.29) is 0 Å². The third-order valence-electron chi connectivity index (χ3n) is 4.04. The lowest BCUT2D eigenvalue weighted by atomic mass is 9.80. The molecule has 3 heterocycles. The van der Waals surface area contributed by atoms with Gasteiger partial charge >= 0.3 is 5.97 Å². The Kier molecular flexibility index (Phi) is 2.93. The van der Waals surface area contributed by atoms with Crippen molar-refractivity contribution >= 4 is 33.2 Å². The molecular formula is C14H16N2O2S. The lowest BCUT2D eigenvalue weighted by molar-refractivity contribution is -0.149. The SMILES string of the molecule is CC1(C(=O)O)CCN(c2nccc3sccc23)CC1. The summed E-state index contributed by atoms with van der Waals surface area (Å²) in [5, 5.41) is 12.5. The number of fused-ring (bicyclic) bond motifs is 1. The van der Waals surface area contributed by atoms with E-state index in [9.17, 15) is 9.90 Å². The molecule has 5 heteroatoms. The zero-order valence-corrected chi connectivity index (χ0v) is 11.6. The second kappa shape index (κ2) is 4.49. The first-order valence-electron chi connectivity index (χ1n) is 6.41. The molecule has 1 aliphatic heterocycles. The summed E-state index contributed by atoms with van der Waals surface area (Å²) in [7, 11) is 0. The number of pyridine rings is 1. The Bertz CT molecular complexity index is 615. The fourth-order valence-corrected chi connectivity index (χ4v) is 3.33. The van der Waals surface area contributed by atoms with Crippen LogP contribution in [0.4, 0.5) is 5.82 Å². The zero-order chi connectivity index (χ0) is 13.5. The van der Waals surface area contributed by atoms with Crippen LogP contribution in [0.2, 0.25) is 0 Å². The second-order valence-corrected chi connectivity index (χ2v) is 6.27. The van der Waals surface area contributed by atoms with Gasteiger partial charge < -0.3 is 10.0 Å². The van der Waals surface area contributed by atoms with Crippen molar-refractivity contribution < 1.29 is 9.90 Å². The third-order valence-corrected chi connectivity index (χ3v) is 4.92. The Morgan fingerprint density at radius 1 is 1.42 bits per heavy atom. The second-order valence-electron chi connectivity index (χ2n) is 5.32. The Labute approximate surface area is 115 Å². The van der Waals surface area contributed by atoms with Crippen molar-refractivity contribution in [1.29, 1.82) is 0 Å². The number of carbonyl (C=O) groups is 1. The lowest BCUT2D eigenvalue weighted by Crippen LogP contribution is -2.43. The number of nitrogens with zero attached hydrogens (tertiary/aromatic N) is 2. The highest BCUT2D eigenvalue weighted by atomic mass is 32.1. The van der Waals surface area contributed by atoms with Gasteiger partial charge in [0.05, 0.1) is 5.41 Å². The summed E-state index contributed by atoms with van der Waals surface area (Å²) in [6, 6.07) is 4.11. The molecule has 4 nitrogen and oxygen atoms in total. The summed E-state index contributed by atoms with van der Waals surface area (Å²) in [6.45, 7) is 3.35. The number of piperidine rings is 1. The summed E-state index contributed by atoms with van der Waals surface area (Å²) in [4.78, 5) is 17.9. The largest absolute Gasteiger partial charge is 0.481 e. The molecule has 0 amide bonds. The van der Waals surface area contributed by atoms with Gasteiger partial charge in [0.2, 0.25) is 0 Å². The van der Waals surface area contributed by atoms with Crippen molar-refractivity contribution in [2.45, 2.75) is 19.8 Å². The summed E-state index contributed by atoms with van der Waals surface area (Å²) in [5.41, 5.74) is -0.584. The first kappa shape index (κ1) is 12.4. The van der Waals surface area contributed by atoms with Crippen molar-refractivity contribution in [3.63, 3.8) is 0 Å². The molecule has 1 fully saturated rings. The van der Waals surface area contributed by atoms with Gasteiger partial charge in [-0.05, 0) is 37.3 Å². The van der Waals surface area contributed by atoms with E-state index in [4.69, 9.17) is 0 Å². The van der Waals surface area contributed by atoms with Crippen LogP contribution in [-0.2, 0) is 4.79 Å². The molecule has 0 aliphatic carbocycles. The van der Waals surface area contributed by atoms with Gasteiger partial charge in [-0.1, -0.05) is 0 Å². The van der Waals surface area contributed by atoms with E-state index in [0.717, 1.165) is 18.9 Å². The summed E-state index contributed by atoms with van der Waals surface area (Å²) in [6.07, 6.45) is 3.17. The Morgan fingerprint density at radius 3 is 2.84 bits per heavy atom. The van der Waals surface area contributed by atoms with Crippen LogP contribution < -0.4 is 4.90 Å². The van der Waals surface area contributed by atoms with E-state index in [2.05, 4.69) is 21.3 Å². The van der Waals surface area contributed by atoms with Crippen LogP contribution in [0.5, 0.6) is 0 Å².